The van der Waals surface area contributed by atoms with Gasteiger partial charge in [0, 0.05) is 12.0 Å². The quantitative estimate of drug-likeness (QED) is 0.466. The van der Waals surface area contributed by atoms with Crippen molar-refractivity contribution in [2.24, 2.45) is 5.73 Å². The predicted octanol–water partition coefficient (Wildman–Crippen LogP) is 4.30. The number of nitrogens with one attached hydrogen (secondary N) is 2. The molecule has 0 saturated heterocycles. The first-order chi connectivity index (χ1) is 10.1. The lowest BCUT2D eigenvalue weighted by Crippen LogP contribution is -2.16. The van der Waals surface area contributed by atoms with Crippen LogP contribution in [0, 0.1) is 16.7 Å². The molecule has 1 aromatic carbocycles. The van der Waals surface area contributed by atoms with Gasteiger partial charge in [-0.25, -0.2) is 0 Å². The molecule has 0 radical (unpaired) electrons. The topological polar surface area (TPSA) is 106 Å². The zero-order chi connectivity index (χ0) is 17.1. The fraction of sp³-hybridized carbons (Fsp3) is 0.0909. The van der Waals surface area contributed by atoms with Crippen LogP contribution in [0.4, 0.5) is 18.9 Å². The van der Waals surface area contributed by atoms with Crippen molar-refractivity contribution in [1.29, 1.82) is 10.7 Å². The number of alkyl halides is 3. The maximum atomic E-state index is 12.6. The molecule has 0 fully saturated rings. The molecule has 0 aromatic heterocycles. The number of nitrogens with two attached hydrogens (primary N) is 1. The van der Waals surface area contributed by atoms with Crippen molar-refractivity contribution in [3.63, 3.8) is 0 Å². The second-order valence-electron chi connectivity index (χ2n) is 3.76. The standard InChI is InChI=1S/C11H7Cl2F3N4OS/c12-5-1-4(11(14,15)16)2-6(13)8(5)20-10(19)9(22-21)7(18)3-17/h1-2,18,20-21H,19H2/b10-9+,18-7?. The second kappa shape index (κ2) is 7.11. The Labute approximate surface area is 137 Å². The Morgan fingerprint density at radius 2 is 1.86 bits per heavy atom. The molecular weight excluding hydrogens is 364 g/mol. The minimum absolute atomic E-state index is 0.0280. The molecule has 0 aliphatic rings. The van der Waals surface area contributed by atoms with Gasteiger partial charge in [-0.1, -0.05) is 23.2 Å². The van der Waals surface area contributed by atoms with E-state index in [0.29, 0.717) is 12.1 Å². The number of allylic oxidation sites excluding steroid dienone is 1. The van der Waals surface area contributed by atoms with Crippen LogP contribution in [0.3, 0.4) is 0 Å². The molecule has 0 heterocycles. The van der Waals surface area contributed by atoms with Gasteiger partial charge in [-0.15, -0.1) is 0 Å². The largest absolute Gasteiger partial charge is 0.416 e. The summed E-state index contributed by atoms with van der Waals surface area (Å²) >= 11 is 11.5. The highest BCUT2D eigenvalue weighted by atomic mass is 35.5. The average molecular weight is 371 g/mol. The number of hydrogen-bond acceptors (Lipinski definition) is 6. The molecule has 0 amide bonds. The summed E-state index contributed by atoms with van der Waals surface area (Å²) in [5, 5.41) is 17.5. The zero-order valence-electron chi connectivity index (χ0n) is 10.4. The van der Waals surface area contributed by atoms with Crippen molar-refractivity contribution in [3.05, 3.63) is 38.5 Å². The lowest BCUT2D eigenvalue weighted by Gasteiger charge is -2.15. The van der Waals surface area contributed by atoms with E-state index in [2.05, 4.69) is 5.32 Å². The van der Waals surface area contributed by atoms with Gasteiger partial charge in [-0.2, -0.15) is 18.4 Å². The number of benzene rings is 1. The van der Waals surface area contributed by atoms with E-state index in [9.17, 15) is 13.2 Å². The van der Waals surface area contributed by atoms with Crippen molar-refractivity contribution in [1.82, 2.24) is 0 Å². The van der Waals surface area contributed by atoms with Crippen molar-refractivity contribution in [2.45, 2.75) is 6.18 Å². The Bertz CT molecular complexity index is 662. The first kappa shape index (κ1) is 18.4. The molecule has 0 spiro atoms. The number of rotatable bonds is 4. The third-order valence-corrected chi connectivity index (χ3v) is 3.51. The Hall–Kier alpha value is -1.60. The van der Waals surface area contributed by atoms with Gasteiger partial charge in [-0.3, -0.25) is 5.41 Å². The Morgan fingerprint density at radius 3 is 2.23 bits per heavy atom. The molecule has 1 rings (SSSR count). The normalized spacial score (nSPS) is 12.4. The minimum atomic E-state index is -4.62. The highest BCUT2D eigenvalue weighted by Gasteiger charge is 2.32. The highest BCUT2D eigenvalue weighted by molar-refractivity contribution is 7.98. The summed E-state index contributed by atoms with van der Waals surface area (Å²) in [5.41, 5.74) is 3.72. The number of hydrogen-bond donors (Lipinski definition) is 4. The van der Waals surface area contributed by atoms with Crippen molar-refractivity contribution in [2.75, 3.05) is 5.32 Å². The molecule has 5 N–H and O–H groups in total. The van der Waals surface area contributed by atoms with Gasteiger partial charge in [0.15, 0.2) is 5.71 Å². The SMILES string of the molecule is N#CC(=N)/C(SO)=C(/N)Nc1c(Cl)cc(C(F)(F)F)cc1Cl. The molecule has 0 bridgehead atoms. The van der Waals surface area contributed by atoms with E-state index >= 15 is 0 Å². The van der Waals surface area contributed by atoms with E-state index in [-0.39, 0.29) is 38.5 Å². The summed E-state index contributed by atoms with van der Waals surface area (Å²) < 4.78 is 46.8. The van der Waals surface area contributed by atoms with E-state index in [4.69, 9.17) is 44.2 Å². The smallest absolute Gasteiger partial charge is 0.384 e. The second-order valence-corrected chi connectivity index (χ2v) is 5.16. The molecule has 0 atom stereocenters. The highest BCUT2D eigenvalue weighted by Crippen LogP contribution is 2.39. The molecule has 22 heavy (non-hydrogen) atoms. The summed E-state index contributed by atoms with van der Waals surface area (Å²) in [6.45, 7) is 0. The summed E-state index contributed by atoms with van der Waals surface area (Å²) in [5.74, 6) is -0.359. The van der Waals surface area contributed by atoms with Crippen LogP contribution in [0.2, 0.25) is 10.0 Å². The minimum Gasteiger partial charge on any atom is -0.384 e. The molecular formula is C11H7Cl2F3N4OS. The third kappa shape index (κ3) is 4.20. The van der Waals surface area contributed by atoms with Crippen molar-refractivity contribution >= 4 is 46.6 Å². The van der Waals surface area contributed by atoms with E-state index in [1.165, 1.54) is 6.07 Å². The molecule has 0 aliphatic heterocycles. The van der Waals surface area contributed by atoms with E-state index in [0.717, 1.165) is 0 Å². The van der Waals surface area contributed by atoms with Crippen molar-refractivity contribution < 1.29 is 17.7 Å². The van der Waals surface area contributed by atoms with Gasteiger partial charge < -0.3 is 15.6 Å². The van der Waals surface area contributed by atoms with Gasteiger partial charge in [0.2, 0.25) is 0 Å². The third-order valence-electron chi connectivity index (χ3n) is 2.30. The molecule has 1 aromatic rings. The maximum Gasteiger partial charge on any atom is 0.416 e. The fourth-order valence-electron chi connectivity index (χ4n) is 1.33. The Balaban J connectivity index is 3.28. The molecule has 0 unspecified atom stereocenters. The molecule has 118 valence electrons. The predicted molar refractivity (Wildman–Crippen MR) is 79.9 cm³/mol. The number of nitrogens with zero attached hydrogens (tertiary/aromatic N) is 1. The van der Waals surface area contributed by atoms with Crippen LogP contribution in [0.15, 0.2) is 22.9 Å². The lowest BCUT2D eigenvalue weighted by molar-refractivity contribution is -0.137. The summed E-state index contributed by atoms with van der Waals surface area (Å²) in [6.07, 6.45) is -4.62. The van der Waals surface area contributed by atoms with Crippen LogP contribution >= 0.6 is 35.2 Å². The number of anilines is 1. The summed E-state index contributed by atoms with van der Waals surface area (Å²) in [6, 6.07) is 2.74. The Morgan fingerprint density at radius 1 is 1.36 bits per heavy atom. The van der Waals surface area contributed by atoms with Gasteiger partial charge in [-0.05, 0) is 12.1 Å². The van der Waals surface area contributed by atoms with Crippen LogP contribution in [0.5, 0.6) is 0 Å². The Kier molecular flexibility index (Phi) is 5.96. The van der Waals surface area contributed by atoms with E-state index < -0.39 is 17.5 Å². The van der Waals surface area contributed by atoms with Crippen LogP contribution in [-0.4, -0.2) is 10.3 Å². The summed E-state index contributed by atoms with van der Waals surface area (Å²) in [4.78, 5) is -0.325. The van der Waals surface area contributed by atoms with Gasteiger partial charge >= 0.3 is 6.18 Å². The molecule has 5 nitrogen and oxygen atoms in total. The van der Waals surface area contributed by atoms with Crippen LogP contribution < -0.4 is 11.1 Å². The van der Waals surface area contributed by atoms with Gasteiger partial charge in [0.05, 0.1) is 21.3 Å². The number of nitriles is 1. The van der Waals surface area contributed by atoms with E-state index in [1.807, 2.05) is 0 Å². The average Bonchev–Trinajstić information content (AvgIpc) is 2.42. The molecule has 0 aliphatic carbocycles. The molecule has 11 heteroatoms. The maximum absolute atomic E-state index is 12.6. The van der Waals surface area contributed by atoms with Crippen LogP contribution in [-0.2, 0) is 6.18 Å². The van der Waals surface area contributed by atoms with Gasteiger partial charge in [0.1, 0.15) is 16.8 Å². The van der Waals surface area contributed by atoms with Crippen LogP contribution in [0.1, 0.15) is 5.56 Å². The van der Waals surface area contributed by atoms with Crippen LogP contribution in [0.25, 0.3) is 0 Å². The zero-order valence-corrected chi connectivity index (χ0v) is 12.8. The first-order valence-corrected chi connectivity index (χ1v) is 6.78. The monoisotopic (exact) mass is 370 g/mol. The number of halogens is 5. The van der Waals surface area contributed by atoms with Crippen molar-refractivity contribution in [3.8, 4) is 6.07 Å². The van der Waals surface area contributed by atoms with E-state index in [1.54, 1.807) is 0 Å². The fourth-order valence-corrected chi connectivity index (χ4v) is 2.20. The van der Waals surface area contributed by atoms with Gasteiger partial charge in [0.25, 0.3) is 0 Å². The first-order valence-electron chi connectivity index (χ1n) is 5.25. The molecule has 0 saturated carbocycles. The lowest BCUT2D eigenvalue weighted by atomic mass is 10.2. The summed E-state index contributed by atoms with van der Waals surface area (Å²) in [7, 11) is 0.